The average molecular weight is 270 g/mol. The molecule has 3 nitrogen and oxygen atoms in total. The van der Waals surface area contributed by atoms with Crippen LogP contribution in [-0.2, 0) is 0 Å². The van der Waals surface area contributed by atoms with Crippen LogP contribution in [-0.4, -0.2) is 18.6 Å². The summed E-state index contributed by atoms with van der Waals surface area (Å²) in [4.78, 5) is 4.58. The van der Waals surface area contributed by atoms with E-state index in [-0.39, 0.29) is 0 Å². The second-order valence-electron chi connectivity index (χ2n) is 4.15. The van der Waals surface area contributed by atoms with Gasteiger partial charge in [0.1, 0.15) is 5.76 Å². The van der Waals surface area contributed by atoms with Crippen LogP contribution in [0.3, 0.4) is 0 Å². The lowest BCUT2D eigenvalue weighted by atomic mass is 10.3. The van der Waals surface area contributed by atoms with Gasteiger partial charge in [-0.2, -0.15) is 0 Å². The summed E-state index contributed by atoms with van der Waals surface area (Å²) in [5, 5.41) is 3.98. The standard InChI is InChI=1S/C15H14N2OS/c1-16-10-4-5-11-8-9-13(18-11)15-17-12-6-2-3-7-14(12)19-15/h2-9,16H,10H2,1H3. The predicted octanol–water partition coefficient (Wildman–Crippen LogP) is 3.79. The van der Waals surface area contributed by atoms with E-state index in [9.17, 15) is 0 Å². The van der Waals surface area contributed by atoms with E-state index in [0.29, 0.717) is 0 Å². The Morgan fingerprint density at radius 1 is 1.26 bits per heavy atom. The molecule has 0 aliphatic carbocycles. The van der Waals surface area contributed by atoms with Crippen molar-refractivity contribution in [2.75, 3.05) is 13.6 Å². The summed E-state index contributed by atoms with van der Waals surface area (Å²) in [6, 6.07) is 12.1. The molecule has 0 aliphatic heterocycles. The van der Waals surface area contributed by atoms with Crippen molar-refractivity contribution >= 4 is 27.6 Å². The molecule has 0 atom stereocenters. The fourth-order valence-corrected chi connectivity index (χ4v) is 2.76. The summed E-state index contributed by atoms with van der Waals surface area (Å²) in [6.45, 7) is 0.831. The highest BCUT2D eigenvalue weighted by atomic mass is 32.1. The first-order chi connectivity index (χ1) is 9.36. The first-order valence-corrected chi connectivity index (χ1v) is 6.95. The van der Waals surface area contributed by atoms with Crippen LogP contribution >= 0.6 is 11.3 Å². The van der Waals surface area contributed by atoms with Gasteiger partial charge in [-0.15, -0.1) is 11.3 Å². The third-order valence-corrected chi connectivity index (χ3v) is 3.79. The van der Waals surface area contributed by atoms with Gasteiger partial charge in [0, 0.05) is 6.54 Å². The molecule has 3 aromatic rings. The van der Waals surface area contributed by atoms with E-state index >= 15 is 0 Å². The van der Waals surface area contributed by atoms with Crippen LogP contribution in [0.1, 0.15) is 5.76 Å². The molecule has 1 N–H and O–H groups in total. The fourth-order valence-electron chi connectivity index (χ4n) is 1.83. The lowest BCUT2D eigenvalue weighted by Gasteiger charge is -1.89. The predicted molar refractivity (Wildman–Crippen MR) is 80.3 cm³/mol. The van der Waals surface area contributed by atoms with Gasteiger partial charge < -0.3 is 9.73 Å². The van der Waals surface area contributed by atoms with Gasteiger partial charge in [0.2, 0.25) is 0 Å². The van der Waals surface area contributed by atoms with Crippen molar-refractivity contribution in [2.24, 2.45) is 0 Å². The molecular weight excluding hydrogens is 256 g/mol. The molecule has 19 heavy (non-hydrogen) atoms. The van der Waals surface area contributed by atoms with Crippen molar-refractivity contribution in [3.05, 3.63) is 48.2 Å². The van der Waals surface area contributed by atoms with Gasteiger partial charge in [-0.25, -0.2) is 4.98 Å². The van der Waals surface area contributed by atoms with Crippen molar-refractivity contribution in [3.63, 3.8) is 0 Å². The summed E-state index contributed by atoms with van der Waals surface area (Å²) in [6.07, 6.45) is 3.99. The molecule has 0 aliphatic rings. The summed E-state index contributed by atoms with van der Waals surface area (Å²) in [5.74, 6) is 1.68. The average Bonchev–Trinajstić information content (AvgIpc) is 3.04. The zero-order valence-corrected chi connectivity index (χ0v) is 11.4. The van der Waals surface area contributed by atoms with Gasteiger partial charge in [-0.1, -0.05) is 18.2 Å². The number of fused-ring (bicyclic) bond motifs is 1. The number of furan rings is 1. The molecule has 0 unspecified atom stereocenters. The lowest BCUT2D eigenvalue weighted by molar-refractivity contribution is 0.571. The van der Waals surface area contributed by atoms with Crippen LogP contribution in [0, 0.1) is 0 Å². The third-order valence-electron chi connectivity index (χ3n) is 2.74. The third kappa shape index (κ3) is 2.59. The van der Waals surface area contributed by atoms with E-state index in [1.807, 2.05) is 49.5 Å². The topological polar surface area (TPSA) is 38.1 Å². The Kier molecular flexibility index (Phi) is 3.44. The highest BCUT2D eigenvalue weighted by molar-refractivity contribution is 7.21. The number of nitrogens with one attached hydrogen (secondary N) is 1. The summed E-state index contributed by atoms with van der Waals surface area (Å²) in [5.41, 5.74) is 1.02. The van der Waals surface area contributed by atoms with E-state index in [4.69, 9.17) is 4.42 Å². The molecule has 3 rings (SSSR count). The van der Waals surface area contributed by atoms with E-state index < -0.39 is 0 Å². The van der Waals surface area contributed by atoms with Gasteiger partial charge in [0.25, 0.3) is 0 Å². The quantitative estimate of drug-likeness (QED) is 0.784. The monoisotopic (exact) mass is 270 g/mol. The fraction of sp³-hybridized carbons (Fsp3) is 0.133. The first kappa shape index (κ1) is 12.1. The number of aromatic nitrogens is 1. The maximum atomic E-state index is 5.78. The summed E-state index contributed by atoms with van der Waals surface area (Å²) < 4.78 is 6.96. The summed E-state index contributed by atoms with van der Waals surface area (Å²) >= 11 is 1.65. The number of hydrogen-bond donors (Lipinski definition) is 1. The Hall–Kier alpha value is -1.91. The maximum Gasteiger partial charge on any atom is 0.163 e. The van der Waals surface area contributed by atoms with Gasteiger partial charge in [0.15, 0.2) is 10.8 Å². The zero-order chi connectivity index (χ0) is 13.1. The molecule has 0 saturated heterocycles. The van der Waals surface area contributed by atoms with Crippen molar-refractivity contribution in [3.8, 4) is 10.8 Å². The Balaban J connectivity index is 1.89. The normalized spacial score (nSPS) is 11.6. The van der Waals surface area contributed by atoms with Gasteiger partial charge in [-0.05, 0) is 37.4 Å². The Morgan fingerprint density at radius 3 is 3.00 bits per heavy atom. The van der Waals surface area contributed by atoms with Crippen molar-refractivity contribution in [1.29, 1.82) is 0 Å². The molecular formula is C15H14N2OS. The number of para-hydroxylation sites is 1. The summed E-state index contributed by atoms with van der Waals surface area (Å²) in [7, 11) is 1.92. The number of likely N-dealkylation sites (N-methyl/N-ethyl adjacent to an activating group) is 1. The highest BCUT2D eigenvalue weighted by Gasteiger charge is 2.09. The minimum absolute atomic E-state index is 0.824. The molecule has 4 heteroatoms. The van der Waals surface area contributed by atoms with Crippen LogP contribution in [0.4, 0.5) is 0 Å². The minimum Gasteiger partial charge on any atom is -0.454 e. The largest absolute Gasteiger partial charge is 0.454 e. The van der Waals surface area contributed by atoms with E-state index in [1.54, 1.807) is 11.3 Å². The van der Waals surface area contributed by atoms with Gasteiger partial charge in [-0.3, -0.25) is 0 Å². The van der Waals surface area contributed by atoms with Crippen molar-refractivity contribution in [2.45, 2.75) is 0 Å². The molecule has 1 aromatic carbocycles. The molecule has 0 bridgehead atoms. The van der Waals surface area contributed by atoms with Crippen LogP contribution in [0.5, 0.6) is 0 Å². The molecule has 0 amide bonds. The number of hydrogen-bond acceptors (Lipinski definition) is 4. The SMILES string of the molecule is CNCC=Cc1ccc(-c2nc3ccccc3s2)o1. The lowest BCUT2D eigenvalue weighted by Crippen LogP contribution is -2.03. The Bertz CT molecular complexity index is 679. The number of benzene rings is 1. The van der Waals surface area contributed by atoms with Crippen LogP contribution in [0.15, 0.2) is 46.9 Å². The Morgan fingerprint density at radius 2 is 2.16 bits per heavy atom. The minimum atomic E-state index is 0.824. The number of thiazole rings is 1. The molecule has 0 saturated carbocycles. The second kappa shape index (κ2) is 5.38. The zero-order valence-electron chi connectivity index (χ0n) is 10.6. The molecule has 2 heterocycles. The molecule has 0 spiro atoms. The molecule has 96 valence electrons. The van der Waals surface area contributed by atoms with Crippen LogP contribution in [0.25, 0.3) is 27.1 Å². The molecule has 0 radical (unpaired) electrons. The Labute approximate surface area is 115 Å². The van der Waals surface area contributed by atoms with Crippen LogP contribution < -0.4 is 5.32 Å². The number of nitrogens with zero attached hydrogens (tertiary/aromatic N) is 1. The van der Waals surface area contributed by atoms with E-state index in [0.717, 1.165) is 28.6 Å². The van der Waals surface area contributed by atoms with Crippen LogP contribution in [0.2, 0.25) is 0 Å². The van der Waals surface area contributed by atoms with Gasteiger partial charge in [0.05, 0.1) is 10.2 Å². The van der Waals surface area contributed by atoms with E-state index in [1.165, 1.54) is 4.70 Å². The van der Waals surface area contributed by atoms with E-state index in [2.05, 4.69) is 16.4 Å². The maximum absolute atomic E-state index is 5.78. The molecule has 0 fully saturated rings. The molecule has 2 aromatic heterocycles. The smallest absolute Gasteiger partial charge is 0.163 e. The van der Waals surface area contributed by atoms with Crippen molar-refractivity contribution < 1.29 is 4.42 Å². The van der Waals surface area contributed by atoms with Gasteiger partial charge >= 0.3 is 0 Å². The first-order valence-electron chi connectivity index (χ1n) is 6.14. The van der Waals surface area contributed by atoms with Crippen molar-refractivity contribution in [1.82, 2.24) is 10.3 Å². The number of rotatable bonds is 4. The second-order valence-corrected chi connectivity index (χ2v) is 5.18. The highest BCUT2D eigenvalue weighted by Crippen LogP contribution is 2.31.